The minimum Gasteiger partial charge on any atom is -0.492 e. The lowest BCUT2D eigenvalue weighted by atomic mass is 9.97. The second kappa shape index (κ2) is 18.7. The number of aliphatic hydroxyl groups is 2. The van der Waals surface area contributed by atoms with Crippen molar-refractivity contribution in [2.45, 2.75) is 76.3 Å². The third-order valence-corrected chi connectivity index (χ3v) is 9.33. The topological polar surface area (TPSA) is 121 Å². The molecular formula is C39H51N3O7. The predicted octanol–water partition coefficient (Wildman–Crippen LogP) is 4.66. The van der Waals surface area contributed by atoms with E-state index in [2.05, 4.69) is 10.2 Å². The van der Waals surface area contributed by atoms with Crippen LogP contribution in [0.4, 0.5) is 4.79 Å². The van der Waals surface area contributed by atoms with E-state index in [1.807, 2.05) is 85.8 Å². The smallest absolute Gasteiger partial charge is 0.407 e. The van der Waals surface area contributed by atoms with E-state index in [1.165, 1.54) is 0 Å². The van der Waals surface area contributed by atoms with Crippen LogP contribution in [0.25, 0.3) is 0 Å². The molecular weight excluding hydrogens is 622 g/mol. The average molecular weight is 674 g/mol. The van der Waals surface area contributed by atoms with Crippen molar-refractivity contribution in [2.24, 2.45) is 0 Å². The summed E-state index contributed by atoms with van der Waals surface area (Å²) in [5, 5.41) is 25.4. The summed E-state index contributed by atoms with van der Waals surface area (Å²) < 4.78 is 16.7. The van der Waals surface area contributed by atoms with Gasteiger partial charge in [0.15, 0.2) is 0 Å². The Morgan fingerprint density at radius 2 is 1.71 bits per heavy atom. The molecule has 0 saturated carbocycles. The summed E-state index contributed by atoms with van der Waals surface area (Å²) in [4.78, 5) is 30.7. The van der Waals surface area contributed by atoms with Gasteiger partial charge in [-0.3, -0.25) is 9.69 Å². The van der Waals surface area contributed by atoms with Crippen LogP contribution in [0.15, 0.2) is 78.9 Å². The number of unbranched alkanes of at least 4 members (excludes halogenated alkanes) is 1. The summed E-state index contributed by atoms with van der Waals surface area (Å²) in [6.07, 6.45) is 0.333. The zero-order chi connectivity index (χ0) is 34.4. The lowest BCUT2D eigenvalue weighted by molar-refractivity contribution is -0.137. The molecule has 1 aliphatic heterocycles. The van der Waals surface area contributed by atoms with Crippen molar-refractivity contribution in [3.05, 3.63) is 101 Å². The van der Waals surface area contributed by atoms with Crippen molar-refractivity contribution in [3.63, 3.8) is 0 Å². The molecule has 1 fully saturated rings. The zero-order valence-corrected chi connectivity index (χ0v) is 28.5. The van der Waals surface area contributed by atoms with E-state index in [1.54, 1.807) is 4.90 Å². The number of aliphatic hydroxyl groups excluding tert-OH is 2. The second-order valence-electron chi connectivity index (χ2n) is 12.9. The monoisotopic (exact) mass is 673 g/mol. The summed E-state index contributed by atoms with van der Waals surface area (Å²) in [6.45, 7) is 7.35. The summed E-state index contributed by atoms with van der Waals surface area (Å²) in [5.41, 5.74) is 3.82. The van der Waals surface area contributed by atoms with Gasteiger partial charge in [0.05, 0.1) is 44.1 Å². The first-order chi connectivity index (χ1) is 23.9. The number of nitrogens with zero attached hydrogens (tertiary/aromatic N) is 2. The highest BCUT2D eigenvalue weighted by Crippen LogP contribution is 2.37. The van der Waals surface area contributed by atoms with Crippen LogP contribution in [-0.2, 0) is 33.7 Å². The molecule has 1 saturated heterocycles. The van der Waals surface area contributed by atoms with Crippen molar-refractivity contribution in [3.8, 4) is 5.75 Å². The Morgan fingerprint density at radius 1 is 0.980 bits per heavy atom. The van der Waals surface area contributed by atoms with Crippen molar-refractivity contribution in [2.75, 3.05) is 46.1 Å². The van der Waals surface area contributed by atoms with Gasteiger partial charge in [-0.2, -0.15) is 0 Å². The highest BCUT2D eigenvalue weighted by atomic mass is 16.5. The number of benzene rings is 3. The standard InChI is InChI=1S/C39H51N3O7/c1-2-3-22-49-39(46)40-34(26-29-9-5-4-6-10-29)35(43)17-18-37(45)42(38-33-12-8-7-11-31(33)27-36(38)44)28-30-13-15-32(16-14-30)48-25-21-41-19-23-47-24-20-41/h4-16,34-36,38,43-44H,2-3,17-28H2,1H3,(H,40,46)/t34-,35-,36+,38-/m0/s1. The number of alkyl carbamates (subject to hydrolysis) is 1. The Hall–Kier alpha value is -3.96. The number of rotatable bonds is 17. The molecule has 10 heteroatoms. The molecule has 3 aromatic carbocycles. The summed E-state index contributed by atoms with van der Waals surface area (Å²) in [5.74, 6) is 0.573. The van der Waals surface area contributed by atoms with Gasteiger partial charge < -0.3 is 34.6 Å². The first-order valence-electron chi connectivity index (χ1n) is 17.6. The van der Waals surface area contributed by atoms with Gasteiger partial charge in [0.25, 0.3) is 0 Å². The Balaban J connectivity index is 1.25. The minimum atomic E-state index is -1.00. The SMILES string of the molecule is CCCCOC(=O)N[C@@H](Cc1ccccc1)[C@@H](O)CCC(=O)N(Cc1ccc(OCCN2CCOCC2)cc1)[C@H]1c2ccccc2C[C@H]1O. The molecule has 0 radical (unpaired) electrons. The molecule has 0 unspecified atom stereocenters. The summed E-state index contributed by atoms with van der Waals surface area (Å²) in [7, 11) is 0. The van der Waals surface area contributed by atoms with Crippen LogP contribution in [-0.4, -0.2) is 96.3 Å². The van der Waals surface area contributed by atoms with Gasteiger partial charge in [-0.25, -0.2) is 4.79 Å². The number of hydrogen-bond acceptors (Lipinski definition) is 8. The molecule has 4 atom stereocenters. The molecule has 1 aliphatic carbocycles. The van der Waals surface area contributed by atoms with E-state index >= 15 is 0 Å². The molecule has 1 heterocycles. The van der Waals surface area contributed by atoms with Crippen molar-refractivity contribution < 1.29 is 34.0 Å². The first-order valence-corrected chi connectivity index (χ1v) is 17.6. The van der Waals surface area contributed by atoms with Crippen LogP contribution in [0.1, 0.15) is 60.9 Å². The largest absolute Gasteiger partial charge is 0.492 e. The van der Waals surface area contributed by atoms with Crippen LogP contribution < -0.4 is 10.1 Å². The Labute approximate surface area is 290 Å². The molecule has 264 valence electrons. The van der Waals surface area contributed by atoms with E-state index in [9.17, 15) is 19.8 Å². The number of morpholine rings is 1. The summed E-state index contributed by atoms with van der Waals surface area (Å²) >= 11 is 0. The van der Waals surface area contributed by atoms with Gasteiger partial charge in [0.2, 0.25) is 5.91 Å². The first kappa shape index (κ1) is 36.3. The maximum absolute atomic E-state index is 14.1. The zero-order valence-electron chi connectivity index (χ0n) is 28.5. The lowest BCUT2D eigenvalue weighted by Gasteiger charge is -2.33. The average Bonchev–Trinajstić information content (AvgIpc) is 3.46. The molecule has 0 spiro atoms. The van der Waals surface area contributed by atoms with E-state index < -0.39 is 30.4 Å². The van der Waals surface area contributed by atoms with Crippen molar-refractivity contribution >= 4 is 12.0 Å². The Bertz CT molecular complexity index is 1450. The van der Waals surface area contributed by atoms with Crippen LogP contribution in [0, 0.1) is 0 Å². The molecule has 3 N–H and O–H groups in total. The number of carbonyl (C=O) groups excluding carboxylic acids is 2. The van der Waals surface area contributed by atoms with Crippen LogP contribution in [0.2, 0.25) is 0 Å². The maximum Gasteiger partial charge on any atom is 0.407 e. The Morgan fingerprint density at radius 3 is 2.47 bits per heavy atom. The van der Waals surface area contributed by atoms with E-state index in [0.717, 1.165) is 73.7 Å². The number of hydrogen-bond donors (Lipinski definition) is 3. The van der Waals surface area contributed by atoms with Crippen molar-refractivity contribution in [1.82, 2.24) is 15.1 Å². The van der Waals surface area contributed by atoms with Gasteiger partial charge in [0, 0.05) is 39.0 Å². The molecule has 0 bridgehead atoms. The third kappa shape index (κ3) is 10.8. The van der Waals surface area contributed by atoms with Crippen molar-refractivity contribution in [1.29, 1.82) is 0 Å². The molecule has 0 aromatic heterocycles. The van der Waals surface area contributed by atoms with E-state index in [4.69, 9.17) is 14.2 Å². The number of nitrogens with one attached hydrogen (secondary N) is 1. The lowest BCUT2D eigenvalue weighted by Crippen LogP contribution is -2.46. The molecule has 2 aliphatic rings. The molecule has 3 aromatic rings. The number of amides is 2. The van der Waals surface area contributed by atoms with Crippen LogP contribution in [0.5, 0.6) is 5.75 Å². The van der Waals surface area contributed by atoms with Gasteiger partial charge in [-0.15, -0.1) is 0 Å². The fraction of sp³-hybridized carbons (Fsp3) is 0.487. The number of fused-ring (bicyclic) bond motifs is 1. The Kier molecular flexibility index (Phi) is 13.9. The highest BCUT2D eigenvalue weighted by molar-refractivity contribution is 5.77. The fourth-order valence-corrected chi connectivity index (χ4v) is 6.54. The van der Waals surface area contributed by atoms with Gasteiger partial charge >= 0.3 is 6.09 Å². The minimum absolute atomic E-state index is 0.0349. The molecule has 2 amide bonds. The van der Waals surface area contributed by atoms with Crippen LogP contribution in [0.3, 0.4) is 0 Å². The fourth-order valence-electron chi connectivity index (χ4n) is 6.54. The van der Waals surface area contributed by atoms with E-state index in [-0.39, 0.29) is 25.3 Å². The van der Waals surface area contributed by atoms with Gasteiger partial charge in [-0.05, 0) is 53.6 Å². The predicted molar refractivity (Wildman–Crippen MR) is 187 cm³/mol. The molecule has 49 heavy (non-hydrogen) atoms. The highest BCUT2D eigenvalue weighted by Gasteiger charge is 2.38. The number of carbonyl (C=O) groups is 2. The second-order valence-corrected chi connectivity index (χ2v) is 12.9. The van der Waals surface area contributed by atoms with Gasteiger partial charge in [-0.1, -0.05) is 80.1 Å². The number of ether oxygens (including phenoxy) is 3. The molecule has 5 rings (SSSR count). The van der Waals surface area contributed by atoms with Crippen LogP contribution >= 0.6 is 0 Å². The third-order valence-electron chi connectivity index (χ3n) is 9.33. The normalized spacial score (nSPS) is 18.7. The quantitative estimate of drug-likeness (QED) is 0.177. The summed E-state index contributed by atoms with van der Waals surface area (Å²) in [6, 6.07) is 24.0. The van der Waals surface area contributed by atoms with E-state index in [0.29, 0.717) is 26.1 Å². The van der Waals surface area contributed by atoms with Gasteiger partial charge in [0.1, 0.15) is 12.4 Å². The molecule has 10 nitrogen and oxygen atoms in total. The maximum atomic E-state index is 14.1.